The molecule has 0 amide bonds. The Morgan fingerprint density at radius 1 is 1.35 bits per heavy atom. The smallest absolute Gasteiger partial charge is 0.293 e. The molecule has 0 bridgehead atoms. The van der Waals surface area contributed by atoms with Crippen LogP contribution in [-0.2, 0) is 13.0 Å². The summed E-state index contributed by atoms with van der Waals surface area (Å²) in [6, 6.07) is 7.86. The van der Waals surface area contributed by atoms with Gasteiger partial charge in [0, 0.05) is 25.5 Å². The molecule has 5 heteroatoms. The Balaban J connectivity index is 2.01. The number of aryl methyl sites for hydroxylation is 1. The summed E-state index contributed by atoms with van der Waals surface area (Å²) in [6.45, 7) is 3.21. The molecule has 1 aromatic heterocycles. The number of methoxy groups -OCH3 is 1. The lowest BCUT2D eigenvalue weighted by molar-refractivity contribution is 0.410. The molecule has 5 nitrogen and oxygen atoms in total. The van der Waals surface area contributed by atoms with Gasteiger partial charge in [0.2, 0.25) is 0 Å². The van der Waals surface area contributed by atoms with Gasteiger partial charge in [-0.25, -0.2) is 4.98 Å². The molecule has 1 N–H and O–H groups in total. The number of nitrogens with one attached hydrogen (secondary N) is 1. The lowest BCUT2D eigenvalue weighted by Crippen LogP contribution is -2.24. The number of para-hydroxylation sites is 1. The van der Waals surface area contributed by atoms with Crippen LogP contribution in [0.5, 0.6) is 5.75 Å². The van der Waals surface area contributed by atoms with Gasteiger partial charge in [-0.3, -0.25) is 4.79 Å². The third-order valence-electron chi connectivity index (χ3n) is 3.13. The van der Waals surface area contributed by atoms with Crippen LogP contribution in [0, 0.1) is 0 Å². The Morgan fingerprint density at radius 3 is 2.90 bits per heavy atom. The van der Waals surface area contributed by atoms with Gasteiger partial charge in [0.05, 0.1) is 7.11 Å². The van der Waals surface area contributed by atoms with Gasteiger partial charge in [0.25, 0.3) is 5.56 Å². The van der Waals surface area contributed by atoms with Crippen molar-refractivity contribution in [1.82, 2.24) is 9.55 Å². The fourth-order valence-electron chi connectivity index (χ4n) is 2.04. The Labute approximate surface area is 118 Å². The van der Waals surface area contributed by atoms with Crippen LogP contribution < -0.4 is 15.6 Å². The first-order chi connectivity index (χ1) is 9.76. The molecule has 0 fully saturated rings. The van der Waals surface area contributed by atoms with E-state index in [-0.39, 0.29) is 5.56 Å². The maximum absolute atomic E-state index is 12.0. The van der Waals surface area contributed by atoms with Crippen molar-refractivity contribution in [3.05, 3.63) is 52.6 Å². The standard InChI is InChI=1S/C15H19N3O2/c1-3-18-11-10-17-14(15(18)19)16-9-8-12-6-4-5-7-13(12)20-2/h4-7,10-11H,3,8-9H2,1-2H3,(H,16,17). The number of hydrogen-bond acceptors (Lipinski definition) is 4. The van der Waals surface area contributed by atoms with Gasteiger partial charge >= 0.3 is 0 Å². The second-order valence-corrected chi connectivity index (χ2v) is 4.36. The molecule has 0 unspecified atom stereocenters. The van der Waals surface area contributed by atoms with Crippen LogP contribution in [0.25, 0.3) is 0 Å². The van der Waals surface area contributed by atoms with E-state index < -0.39 is 0 Å². The summed E-state index contributed by atoms with van der Waals surface area (Å²) in [4.78, 5) is 16.1. The van der Waals surface area contributed by atoms with Crippen LogP contribution in [0.1, 0.15) is 12.5 Å². The highest BCUT2D eigenvalue weighted by atomic mass is 16.5. The van der Waals surface area contributed by atoms with Gasteiger partial charge in [-0.05, 0) is 25.0 Å². The normalized spacial score (nSPS) is 10.3. The molecule has 106 valence electrons. The van der Waals surface area contributed by atoms with Crippen LogP contribution in [-0.4, -0.2) is 23.2 Å². The van der Waals surface area contributed by atoms with Crippen molar-refractivity contribution in [2.75, 3.05) is 19.0 Å². The molecule has 2 rings (SSSR count). The summed E-state index contributed by atoms with van der Waals surface area (Å²) in [5, 5.41) is 3.09. The fourth-order valence-corrected chi connectivity index (χ4v) is 2.04. The molecule has 0 aliphatic heterocycles. The first kappa shape index (κ1) is 14.1. The minimum absolute atomic E-state index is 0.0879. The van der Waals surface area contributed by atoms with Crippen molar-refractivity contribution in [1.29, 1.82) is 0 Å². The summed E-state index contributed by atoms with van der Waals surface area (Å²) in [5.74, 6) is 1.26. The summed E-state index contributed by atoms with van der Waals surface area (Å²) in [7, 11) is 1.66. The van der Waals surface area contributed by atoms with Crippen molar-refractivity contribution in [3.8, 4) is 5.75 Å². The van der Waals surface area contributed by atoms with Crippen LogP contribution in [0.2, 0.25) is 0 Å². The molecule has 0 radical (unpaired) electrons. The average molecular weight is 273 g/mol. The van der Waals surface area contributed by atoms with Gasteiger partial charge in [-0.15, -0.1) is 0 Å². The molecule has 0 aliphatic carbocycles. The van der Waals surface area contributed by atoms with Crippen LogP contribution in [0.15, 0.2) is 41.5 Å². The molecule has 0 atom stereocenters. The summed E-state index contributed by atoms with van der Waals surface area (Å²) in [5.41, 5.74) is 1.02. The molecule has 1 heterocycles. The number of nitrogens with zero attached hydrogens (tertiary/aromatic N) is 2. The lowest BCUT2D eigenvalue weighted by Gasteiger charge is -2.10. The second-order valence-electron chi connectivity index (χ2n) is 4.36. The van der Waals surface area contributed by atoms with E-state index in [0.717, 1.165) is 17.7 Å². The number of benzene rings is 1. The van der Waals surface area contributed by atoms with E-state index in [9.17, 15) is 4.79 Å². The molecule has 0 saturated heterocycles. The highest BCUT2D eigenvalue weighted by molar-refractivity contribution is 5.35. The third kappa shape index (κ3) is 3.17. The average Bonchev–Trinajstić information content (AvgIpc) is 2.49. The predicted molar refractivity (Wildman–Crippen MR) is 79.4 cm³/mol. The zero-order valence-electron chi connectivity index (χ0n) is 11.8. The van der Waals surface area contributed by atoms with Crippen LogP contribution >= 0.6 is 0 Å². The topological polar surface area (TPSA) is 56.1 Å². The number of hydrogen-bond donors (Lipinski definition) is 1. The van der Waals surface area contributed by atoms with Gasteiger partial charge in [0.1, 0.15) is 5.75 Å². The summed E-state index contributed by atoms with van der Waals surface area (Å²) < 4.78 is 6.92. The van der Waals surface area contributed by atoms with Gasteiger partial charge in [-0.2, -0.15) is 0 Å². The van der Waals surface area contributed by atoms with E-state index in [1.807, 2.05) is 31.2 Å². The monoisotopic (exact) mass is 273 g/mol. The number of anilines is 1. The Bertz CT molecular complexity index is 623. The molecule has 0 saturated carbocycles. The minimum Gasteiger partial charge on any atom is -0.496 e. The van der Waals surface area contributed by atoms with Gasteiger partial charge in [-0.1, -0.05) is 18.2 Å². The number of rotatable bonds is 6. The van der Waals surface area contributed by atoms with E-state index in [0.29, 0.717) is 18.9 Å². The minimum atomic E-state index is -0.0879. The number of aromatic nitrogens is 2. The van der Waals surface area contributed by atoms with E-state index in [1.165, 1.54) is 0 Å². The molecule has 0 spiro atoms. The van der Waals surface area contributed by atoms with Crippen molar-refractivity contribution in [2.24, 2.45) is 0 Å². The Kier molecular flexibility index (Phi) is 4.76. The number of ether oxygens (including phenoxy) is 1. The molecule has 0 aliphatic rings. The zero-order valence-corrected chi connectivity index (χ0v) is 11.8. The molecular formula is C15H19N3O2. The lowest BCUT2D eigenvalue weighted by atomic mass is 10.1. The SMILES string of the molecule is CCn1ccnc(NCCc2ccccc2OC)c1=O. The Hall–Kier alpha value is -2.30. The maximum atomic E-state index is 12.0. The van der Waals surface area contributed by atoms with Gasteiger partial charge in [0.15, 0.2) is 5.82 Å². The highest BCUT2D eigenvalue weighted by Crippen LogP contribution is 2.17. The first-order valence-electron chi connectivity index (χ1n) is 6.67. The quantitative estimate of drug-likeness (QED) is 0.873. The van der Waals surface area contributed by atoms with Crippen molar-refractivity contribution in [2.45, 2.75) is 19.9 Å². The van der Waals surface area contributed by atoms with Crippen molar-refractivity contribution >= 4 is 5.82 Å². The zero-order chi connectivity index (χ0) is 14.4. The van der Waals surface area contributed by atoms with Crippen LogP contribution in [0.3, 0.4) is 0 Å². The molecule has 20 heavy (non-hydrogen) atoms. The second kappa shape index (κ2) is 6.75. The molecule has 2 aromatic rings. The van der Waals surface area contributed by atoms with Gasteiger partial charge < -0.3 is 14.6 Å². The van der Waals surface area contributed by atoms with Crippen LogP contribution in [0.4, 0.5) is 5.82 Å². The molecular weight excluding hydrogens is 254 g/mol. The predicted octanol–water partition coefficient (Wildman–Crippen LogP) is 1.93. The molecule has 1 aromatic carbocycles. The maximum Gasteiger partial charge on any atom is 0.293 e. The Morgan fingerprint density at radius 2 is 2.15 bits per heavy atom. The van der Waals surface area contributed by atoms with Crippen molar-refractivity contribution < 1.29 is 4.74 Å². The van der Waals surface area contributed by atoms with E-state index in [2.05, 4.69) is 10.3 Å². The summed E-state index contributed by atoms with van der Waals surface area (Å²) >= 11 is 0. The fraction of sp³-hybridized carbons (Fsp3) is 0.333. The van der Waals surface area contributed by atoms with Crippen molar-refractivity contribution in [3.63, 3.8) is 0 Å². The largest absolute Gasteiger partial charge is 0.496 e. The summed E-state index contributed by atoms with van der Waals surface area (Å²) in [6.07, 6.45) is 4.09. The highest BCUT2D eigenvalue weighted by Gasteiger charge is 2.04. The van der Waals surface area contributed by atoms with E-state index in [1.54, 1.807) is 24.1 Å². The van der Waals surface area contributed by atoms with E-state index >= 15 is 0 Å². The first-order valence-corrected chi connectivity index (χ1v) is 6.67. The third-order valence-corrected chi connectivity index (χ3v) is 3.13. The van der Waals surface area contributed by atoms with E-state index in [4.69, 9.17) is 4.74 Å².